The van der Waals surface area contributed by atoms with Gasteiger partial charge in [-0.1, -0.05) is 18.2 Å². The highest BCUT2D eigenvalue weighted by atomic mass is 32.1. The van der Waals surface area contributed by atoms with Crippen LogP contribution in [0.2, 0.25) is 0 Å². The third-order valence-electron chi connectivity index (χ3n) is 3.51. The van der Waals surface area contributed by atoms with Gasteiger partial charge in [-0.2, -0.15) is 0 Å². The van der Waals surface area contributed by atoms with E-state index in [2.05, 4.69) is 15.4 Å². The van der Waals surface area contributed by atoms with Gasteiger partial charge in [0.15, 0.2) is 0 Å². The Kier molecular flexibility index (Phi) is 5.65. The van der Waals surface area contributed by atoms with Crippen molar-refractivity contribution in [3.05, 3.63) is 76.5 Å². The molecule has 28 heavy (non-hydrogen) atoms. The normalized spacial score (nSPS) is 11.0. The predicted molar refractivity (Wildman–Crippen MR) is 99.8 cm³/mol. The summed E-state index contributed by atoms with van der Waals surface area (Å²) in [7, 11) is 0. The second kappa shape index (κ2) is 8.13. The lowest BCUT2D eigenvalue weighted by molar-refractivity contribution is -0.274. The number of rotatable bonds is 5. The van der Waals surface area contributed by atoms with Crippen molar-refractivity contribution in [2.75, 3.05) is 10.6 Å². The van der Waals surface area contributed by atoms with Crippen molar-refractivity contribution >= 4 is 34.5 Å². The lowest BCUT2D eigenvalue weighted by atomic mass is 10.1. The summed E-state index contributed by atoms with van der Waals surface area (Å²) in [5.74, 6) is -1.26. The van der Waals surface area contributed by atoms with Gasteiger partial charge in [0.2, 0.25) is 0 Å². The summed E-state index contributed by atoms with van der Waals surface area (Å²) >= 11 is 1.27. The van der Waals surface area contributed by atoms with Crippen LogP contribution in [0.4, 0.5) is 24.5 Å². The Morgan fingerprint density at radius 3 is 2.21 bits per heavy atom. The molecule has 2 aromatic carbocycles. The molecule has 0 atom stereocenters. The van der Waals surface area contributed by atoms with E-state index in [-0.39, 0.29) is 17.2 Å². The second-order valence-electron chi connectivity index (χ2n) is 5.50. The second-order valence-corrected chi connectivity index (χ2v) is 6.45. The lowest BCUT2D eigenvalue weighted by Gasteiger charge is -2.12. The molecule has 2 amide bonds. The van der Waals surface area contributed by atoms with E-state index in [0.717, 1.165) is 12.1 Å². The smallest absolute Gasteiger partial charge is 0.406 e. The molecule has 0 unspecified atom stereocenters. The molecule has 0 bridgehead atoms. The molecular weight excluding hydrogens is 393 g/mol. The van der Waals surface area contributed by atoms with Crippen LogP contribution in [0.1, 0.15) is 20.0 Å². The Morgan fingerprint density at radius 1 is 0.857 bits per heavy atom. The summed E-state index contributed by atoms with van der Waals surface area (Å²) in [5, 5.41) is 7.02. The average Bonchev–Trinajstić information content (AvgIpc) is 3.17. The van der Waals surface area contributed by atoms with Crippen molar-refractivity contribution in [2.45, 2.75) is 6.36 Å². The topological polar surface area (TPSA) is 67.4 Å². The van der Waals surface area contributed by atoms with Crippen LogP contribution in [-0.2, 0) is 0 Å². The van der Waals surface area contributed by atoms with Gasteiger partial charge in [0.25, 0.3) is 11.8 Å². The van der Waals surface area contributed by atoms with Crippen molar-refractivity contribution in [1.82, 2.24) is 0 Å². The first-order chi connectivity index (χ1) is 13.3. The summed E-state index contributed by atoms with van der Waals surface area (Å²) in [6, 6.07) is 14.6. The third kappa shape index (κ3) is 5.10. The molecule has 0 spiro atoms. The molecular formula is C19H13F3N2O3S. The summed E-state index contributed by atoms with van der Waals surface area (Å²) in [5.41, 5.74) is 0.803. The zero-order valence-corrected chi connectivity index (χ0v) is 14.9. The maximum atomic E-state index is 12.5. The number of para-hydroxylation sites is 1. The summed E-state index contributed by atoms with van der Waals surface area (Å²) in [6.45, 7) is 0. The predicted octanol–water partition coefficient (Wildman–Crippen LogP) is 5.15. The summed E-state index contributed by atoms with van der Waals surface area (Å²) in [6.07, 6.45) is -4.79. The van der Waals surface area contributed by atoms with Crippen LogP contribution in [0.5, 0.6) is 5.75 Å². The van der Waals surface area contributed by atoms with E-state index < -0.39 is 18.0 Å². The maximum absolute atomic E-state index is 12.5. The lowest BCUT2D eigenvalue weighted by Crippen LogP contribution is -2.18. The molecule has 144 valence electrons. The van der Waals surface area contributed by atoms with Crippen molar-refractivity contribution in [2.24, 2.45) is 0 Å². The molecule has 1 aromatic heterocycles. The monoisotopic (exact) mass is 406 g/mol. The molecule has 0 aliphatic rings. The summed E-state index contributed by atoms with van der Waals surface area (Å²) in [4.78, 5) is 25.3. The fraction of sp³-hybridized carbons (Fsp3) is 0.0526. The van der Waals surface area contributed by atoms with Crippen LogP contribution < -0.4 is 15.4 Å². The third-order valence-corrected chi connectivity index (χ3v) is 4.38. The highest BCUT2D eigenvalue weighted by Crippen LogP contribution is 2.25. The first-order valence-electron chi connectivity index (χ1n) is 7.93. The quantitative estimate of drug-likeness (QED) is 0.616. The number of ether oxygens (including phenoxy) is 1. The fourth-order valence-electron chi connectivity index (χ4n) is 2.32. The van der Waals surface area contributed by atoms with Gasteiger partial charge in [-0.3, -0.25) is 9.59 Å². The number of thiophene rings is 1. The molecule has 3 aromatic rings. The van der Waals surface area contributed by atoms with E-state index in [1.54, 1.807) is 35.7 Å². The van der Waals surface area contributed by atoms with E-state index in [1.807, 2.05) is 0 Å². The van der Waals surface area contributed by atoms with Gasteiger partial charge in [-0.05, 0) is 47.8 Å². The molecule has 9 heteroatoms. The van der Waals surface area contributed by atoms with Crippen LogP contribution in [0.3, 0.4) is 0 Å². The Hall–Kier alpha value is -3.33. The highest BCUT2D eigenvalue weighted by Gasteiger charge is 2.31. The molecule has 2 N–H and O–H groups in total. The molecule has 0 fully saturated rings. The average molecular weight is 406 g/mol. The van der Waals surface area contributed by atoms with Gasteiger partial charge in [-0.15, -0.1) is 24.5 Å². The molecule has 0 aliphatic heterocycles. The molecule has 0 saturated heterocycles. The molecule has 0 aliphatic carbocycles. The van der Waals surface area contributed by atoms with Crippen LogP contribution in [0.15, 0.2) is 66.0 Å². The number of hydrogen-bond donors (Lipinski definition) is 2. The molecule has 1 heterocycles. The van der Waals surface area contributed by atoms with Crippen molar-refractivity contribution in [3.63, 3.8) is 0 Å². The number of amides is 2. The van der Waals surface area contributed by atoms with Crippen LogP contribution in [0.25, 0.3) is 0 Å². The number of alkyl halides is 3. The van der Waals surface area contributed by atoms with Gasteiger partial charge in [0.05, 0.1) is 16.1 Å². The van der Waals surface area contributed by atoms with Gasteiger partial charge in [0, 0.05) is 5.69 Å². The molecule has 0 saturated carbocycles. The zero-order valence-electron chi connectivity index (χ0n) is 14.1. The van der Waals surface area contributed by atoms with E-state index in [4.69, 9.17) is 0 Å². The summed E-state index contributed by atoms with van der Waals surface area (Å²) < 4.78 is 40.4. The minimum atomic E-state index is -4.79. The standard InChI is InChI=1S/C19H13F3N2O3S/c20-19(21,22)27-13-9-7-12(8-10-13)23-17(25)14-4-1-2-5-15(14)24-18(26)16-6-3-11-28-16/h1-11H,(H,23,25)(H,24,26). The number of hydrogen-bond acceptors (Lipinski definition) is 4. The van der Waals surface area contributed by atoms with Crippen molar-refractivity contribution < 1.29 is 27.5 Å². The van der Waals surface area contributed by atoms with E-state index in [9.17, 15) is 22.8 Å². The molecule has 5 nitrogen and oxygen atoms in total. The van der Waals surface area contributed by atoms with E-state index in [0.29, 0.717) is 10.6 Å². The highest BCUT2D eigenvalue weighted by molar-refractivity contribution is 7.12. The Balaban J connectivity index is 1.72. The van der Waals surface area contributed by atoms with Crippen LogP contribution in [0, 0.1) is 0 Å². The number of halogens is 3. The van der Waals surface area contributed by atoms with E-state index in [1.165, 1.54) is 29.5 Å². The van der Waals surface area contributed by atoms with Crippen molar-refractivity contribution in [3.8, 4) is 5.75 Å². The van der Waals surface area contributed by atoms with Crippen LogP contribution in [-0.4, -0.2) is 18.2 Å². The molecule has 3 rings (SSSR count). The number of anilines is 2. The van der Waals surface area contributed by atoms with E-state index >= 15 is 0 Å². The van der Waals surface area contributed by atoms with Gasteiger partial charge >= 0.3 is 6.36 Å². The fourth-order valence-corrected chi connectivity index (χ4v) is 2.94. The number of carbonyl (C=O) groups excluding carboxylic acids is 2. The first kappa shape index (κ1) is 19.4. The Labute approximate surface area is 161 Å². The first-order valence-corrected chi connectivity index (χ1v) is 8.81. The number of nitrogens with one attached hydrogen (secondary N) is 2. The van der Waals surface area contributed by atoms with Crippen LogP contribution >= 0.6 is 11.3 Å². The maximum Gasteiger partial charge on any atom is 0.573 e. The zero-order chi connectivity index (χ0) is 20.1. The van der Waals surface area contributed by atoms with Gasteiger partial charge in [0.1, 0.15) is 5.75 Å². The Bertz CT molecular complexity index is 971. The SMILES string of the molecule is O=C(Nc1ccccc1C(=O)Nc1ccc(OC(F)(F)F)cc1)c1cccs1. The van der Waals surface area contributed by atoms with Gasteiger partial charge < -0.3 is 15.4 Å². The largest absolute Gasteiger partial charge is 0.573 e. The van der Waals surface area contributed by atoms with Crippen molar-refractivity contribution in [1.29, 1.82) is 0 Å². The minimum absolute atomic E-state index is 0.211. The Morgan fingerprint density at radius 2 is 1.57 bits per heavy atom. The number of benzene rings is 2. The number of carbonyl (C=O) groups is 2. The van der Waals surface area contributed by atoms with Gasteiger partial charge in [-0.25, -0.2) is 0 Å². The molecule has 0 radical (unpaired) electrons. The minimum Gasteiger partial charge on any atom is -0.406 e.